The zero-order valence-electron chi connectivity index (χ0n) is 39.1. The fourth-order valence-corrected chi connectivity index (χ4v) is 11.7. The molecule has 4 aliphatic carbocycles. The number of nitrogens with zero attached hydrogens (tertiary/aromatic N) is 6. The van der Waals surface area contributed by atoms with E-state index in [1.54, 1.807) is 0 Å². The fraction of sp³-hybridized carbons (Fsp3) is 0.0769. The summed E-state index contributed by atoms with van der Waals surface area (Å²) in [6.45, 7) is 4.66. The molecular formula is C65H44N6. The predicted molar refractivity (Wildman–Crippen MR) is 284 cm³/mol. The summed E-state index contributed by atoms with van der Waals surface area (Å²) in [5, 5.41) is 0. The minimum atomic E-state index is -0.125. The number of fused-ring (bicyclic) bond motifs is 3. The van der Waals surface area contributed by atoms with Crippen LogP contribution >= 0.6 is 0 Å². The highest BCUT2D eigenvalue weighted by molar-refractivity contribution is 5.96. The molecule has 0 fully saturated rings. The van der Waals surface area contributed by atoms with E-state index in [2.05, 4.69) is 178 Å². The molecule has 6 nitrogen and oxygen atoms in total. The van der Waals surface area contributed by atoms with Gasteiger partial charge < -0.3 is 0 Å². The van der Waals surface area contributed by atoms with E-state index in [9.17, 15) is 0 Å². The Bertz CT molecular complexity index is 3860. The topological polar surface area (TPSA) is 77.3 Å². The normalized spacial score (nSPS) is 15.3. The summed E-state index contributed by atoms with van der Waals surface area (Å²) in [7, 11) is 0. The van der Waals surface area contributed by atoms with Crippen molar-refractivity contribution in [2.75, 3.05) is 0 Å². The Morgan fingerprint density at radius 3 is 1.14 bits per heavy atom. The van der Waals surface area contributed by atoms with E-state index in [-0.39, 0.29) is 17.3 Å². The van der Waals surface area contributed by atoms with Crippen molar-refractivity contribution >= 4 is 0 Å². The molecule has 0 radical (unpaired) electrons. The smallest absolute Gasteiger partial charge is 0.164 e. The minimum Gasteiger partial charge on any atom is -0.208 e. The van der Waals surface area contributed by atoms with E-state index in [0.29, 0.717) is 34.9 Å². The molecule has 2 aromatic heterocycles. The van der Waals surface area contributed by atoms with Crippen LogP contribution in [0.5, 0.6) is 0 Å². The molecule has 71 heavy (non-hydrogen) atoms. The molecule has 2 unspecified atom stereocenters. The molecule has 334 valence electrons. The summed E-state index contributed by atoms with van der Waals surface area (Å²) in [5.41, 5.74) is 20.9. The van der Waals surface area contributed by atoms with Gasteiger partial charge in [0.1, 0.15) is 0 Å². The highest BCUT2D eigenvalue weighted by Crippen LogP contribution is 2.57. The van der Waals surface area contributed by atoms with E-state index in [1.807, 2.05) is 54.6 Å². The predicted octanol–water partition coefficient (Wildman–Crippen LogP) is 15.0. The van der Waals surface area contributed by atoms with Gasteiger partial charge in [0.2, 0.25) is 0 Å². The average molecular weight is 909 g/mol. The molecule has 2 atom stereocenters. The van der Waals surface area contributed by atoms with E-state index in [0.717, 1.165) is 38.9 Å². The number of rotatable bonds is 7. The van der Waals surface area contributed by atoms with Crippen LogP contribution in [0.3, 0.4) is 0 Å². The quantitative estimate of drug-likeness (QED) is 0.159. The lowest BCUT2D eigenvalue weighted by Crippen LogP contribution is -2.27. The molecule has 15 rings (SSSR count). The van der Waals surface area contributed by atoms with Crippen LogP contribution in [0.4, 0.5) is 0 Å². The molecule has 2 heterocycles. The third-order valence-electron chi connectivity index (χ3n) is 15.0. The van der Waals surface area contributed by atoms with Gasteiger partial charge >= 0.3 is 0 Å². The maximum absolute atomic E-state index is 5.41. The van der Waals surface area contributed by atoms with Gasteiger partial charge in [-0.15, -0.1) is 0 Å². The summed E-state index contributed by atoms with van der Waals surface area (Å²) in [6.07, 6.45) is 0. The zero-order chi connectivity index (χ0) is 47.2. The Hall–Kier alpha value is -9.00. The average Bonchev–Trinajstić information content (AvgIpc) is 3.69. The third-order valence-corrected chi connectivity index (χ3v) is 15.0. The maximum Gasteiger partial charge on any atom is 0.164 e. The second-order valence-corrected chi connectivity index (χ2v) is 19.3. The fourth-order valence-electron chi connectivity index (χ4n) is 11.7. The summed E-state index contributed by atoms with van der Waals surface area (Å²) in [6, 6.07) is 77.3. The van der Waals surface area contributed by atoms with E-state index in [1.165, 1.54) is 61.2 Å². The van der Waals surface area contributed by atoms with Crippen LogP contribution in [0.2, 0.25) is 0 Å². The lowest BCUT2D eigenvalue weighted by Gasteiger charge is -2.42. The van der Waals surface area contributed by atoms with Crippen molar-refractivity contribution < 1.29 is 0 Å². The largest absolute Gasteiger partial charge is 0.208 e. The first-order chi connectivity index (χ1) is 35.0. The van der Waals surface area contributed by atoms with Crippen molar-refractivity contribution in [2.45, 2.75) is 31.1 Å². The van der Waals surface area contributed by atoms with Crippen LogP contribution < -0.4 is 0 Å². The van der Waals surface area contributed by atoms with Crippen LogP contribution in [0, 0.1) is 0 Å². The first-order valence-electron chi connectivity index (χ1n) is 24.3. The SMILES string of the molecule is CC1(C)c2ccccc2-c2c(-c3ccccc3-c3nc(-c4ccccc4)nc(-c4ccc5c(c4)C4c6ccccc6C5c5cc(-c6nc(-c7ccccc7)nc(-c7ccccc7)n6)ccc54)n3)cccc21. The van der Waals surface area contributed by atoms with Gasteiger partial charge in [0.25, 0.3) is 0 Å². The molecule has 9 aromatic carbocycles. The first kappa shape index (κ1) is 41.0. The van der Waals surface area contributed by atoms with Gasteiger partial charge in [0, 0.05) is 50.6 Å². The van der Waals surface area contributed by atoms with Crippen LogP contribution in [0.15, 0.2) is 218 Å². The Labute approximate surface area is 412 Å². The van der Waals surface area contributed by atoms with Crippen molar-refractivity contribution in [3.8, 4) is 90.6 Å². The lowest BCUT2D eigenvalue weighted by molar-refractivity contribution is 0.660. The van der Waals surface area contributed by atoms with Gasteiger partial charge in [-0.1, -0.05) is 220 Å². The van der Waals surface area contributed by atoms with Gasteiger partial charge in [-0.25, -0.2) is 29.9 Å². The van der Waals surface area contributed by atoms with Crippen LogP contribution in [-0.2, 0) is 5.41 Å². The molecule has 4 aliphatic rings. The maximum atomic E-state index is 5.41. The molecule has 2 bridgehead atoms. The second kappa shape index (κ2) is 16.0. The molecule has 0 N–H and O–H groups in total. The van der Waals surface area contributed by atoms with Crippen molar-refractivity contribution in [1.82, 2.24) is 29.9 Å². The molecule has 0 spiro atoms. The summed E-state index contributed by atoms with van der Waals surface area (Å²) >= 11 is 0. The number of hydrogen-bond acceptors (Lipinski definition) is 6. The molecule has 11 aromatic rings. The minimum absolute atomic E-state index is 0.0104. The van der Waals surface area contributed by atoms with Gasteiger partial charge in [-0.2, -0.15) is 0 Å². The third kappa shape index (κ3) is 6.55. The number of hydrogen-bond donors (Lipinski definition) is 0. The summed E-state index contributed by atoms with van der Waals surface area (Å²) in [5.74, 6) is 3.89. The van der Waals surface area contributed by atoms with Crippen LogP contribution in [0.1, 0.15) is 70.2 Å². The highest BCUT2D eigenvalue weighted by Gasteiger charge is 2.42. The molecule has 6 heteroatoms. The first-order valence-corrected chi connectivity index (χ1v) is 24.3. The summed E-state index contributed by atoms with van der Waals surface area (Å²) in [4.78, 5) is 31.2. The van der Waals surface area contributed by atoms with E-state index < -0.39 is 0 Å². The standard InChI is InChI=1S/C65H44N6/c1-65(2)54-31-17-16-29-51(54)58-45(30-18-32-55(58)65)44-25-12-15-28-50(44)64-70-61(41-23-10-5-11-24-41)69-63(71-64)43-34-36-49-53(38-43)57-47-27-14-13-26-46(47)56(49)52-37-42(33-35-48(52)57)62-67-59(39-19-6-3-7-20-39)66-60(68-62)40-21-8-4-9-22-40/h3-38,56-57H,1-2H3. The Balaban J connectivity index is 0.903. The molecule has 0 saturated carbocycles. The number of benzene rings is 9. The number of aromatic nitrogens is 6. The monoisotopic (exact) mass is 908 g/mol. The van der Waals surface area contributed by atoms with Crippen LogP contribution in [0.25, 0.3) is 90.6 Å². The highest BCUT2D eigenvalue weighted by atomic mass is 15.0. The van der Waals surface area contributed by atoms with Gasteiger partial charge in [0.05, 0.1) is 0 Å². The Kier molecular flexibility index (Phi) is 9.27. The van der Waals surface area contributed by atoms with Gasteiger partial charge in [0.15, 0.2) is 34.9 Å². The van der Waals surface area contributed by atoms with Crippen molar-refractivity contribution in [1.29, 1.82) is 0 Å². The molecule has 0 amide bonds. The van der Waals surface area contributed by atoms with E-state index in [4.69, 9.17) is 29.9 Å². The molecular weight excluding hydrogens is 865 g/mol. The van der Waals surface area contributed by atoms with Crippen molar-refractivity contribution in [2.24, 2.45) is 0 Å². The van der Waals surface area contributed by atoms with Crippen molar-refractivity contribution in [3.63, 3.8) is 0 Å². The Morgan fingerprint density at radius 1 is 0.268 bits per heavy atom. The Morgan fingerprint density at radius 2 is 0.634 bits per heavy atom. The molecule has 0 aliphatic heterocycles. The lowest BCUT2D eigenvalue weighted by atomic mass is 9.61. The summed E-state index contributed by atoms with van der Waals surface area (Å²) < 4.78 is 0. The van der Waals surface area contributed by atoms with E-state index >= 15 is 0 Å². The molecule has 0 saturated heterocycles. The zero-order valence-corrected chi connectivity index (χ0v) is 39.1. The second-order valence-electron chi connectivity index (χ2n) is 19.3. The van der Waals surface area contributed by atoms with Crippen molar-refractivity contribution in [3.05, 3.63) is 263 Å². The van der Waals surface area contributed by atoms with Gasteiger partial charge in [-0.3, -0.25) is 0 Å². The van der Waals surface area contributed by atoms with Crippen LogP contribution in [-0.4, -0.2) is 29.9 Å². The van der Waals surface area contributed by atoms with Gasteiger partial charge in [-0.05, 0) is 78.9 Å².